The number of rotatable bonds is 4. The second kappa shape index (κ2) is 7.59. The Morgan fingerprint density at radius 3 is 2.70 bits per heavy atom. The van der Waals surface area contributed by atoms with Gasteiger partial charge in [0.2, 0.25) is 15.9 Å². The standard InChI is InChI=1S/C12H23N3O3S.ClH/c1-19(17,18)15-7-3-4-10(9-15)8-14-12(16)11-5-2-6-13-11;/h10-11,13H,2-9H2,1H3,(H,14,16);1H. The maximum absolute atomic E-state index is 11.9. The molecule has 2 aliphatic heterocycles. The van der Waals surface area contributed by atoms with Gasteiger partial charge in [-0.3, -0.25) is 4.79 Å². The molecule has 0 radical (unpaired) electrons. The van der Waals surface area contributed by atoms with Crippen molar-refractivity contribution in [1.82, 2.24) is 14.9 Å². The molecule has 2 heterocycles. The van der Waals surface area contributed by atoms with E-state index in [4.69, 9.17) is 0 Å². The third kappa shape index (κ3) is 4.87. The minimum Gasteiger partial charge on any atom is -0.354 e. The van der Waals surface area contributed by atoms with Crippen molar-refractivity contribution in [3.63, 3.8) is 0 Å². The Balaban J connectivity index is 0.00000200. The van der Waals surface area contributed by atoms with Gasteiger partial charge in [-0.05, 0) is 38.1 Å². The highest BCUT2D eigenvalue weighted by atomic mass is 35.5. The van der Waals surface area contributed by atoms with Crippen LogP contribution in [0, 0.1) is 5.92 Å². The predicted molar refractivity (Wildman–Crippen MR) is 80.4 cm³/mol. The molecule has 8 heteroatoms. The van der Waals surface area contributed by atoms with Crippen LogP contribution in [0.2, 0.25) is 0 Å². The van der Waals surface area contributed by atoms with E-state index in [1.165, 1.54) is 10.6 Å². The molecule has 0 aromatic rings. The van der Waals surface area contributed by atoms with E-state index >= 15 is 0 Å². The summed E-state index contributed by atoms with van der Waals surface area (Å²) in [5.74, 6) is 0.280. The van der Waals surface area contributed by atoms with Gasteiger partial charge in [0.05, 0.1) is 12.3 Å². The summed E-state index contributed by atoms with van der Waals surface area (Å²) in [6.45, 7) is 2.61. The van der Waals surface area contributed by atoms with Gasteiger partial charge < -0.3 is 10.6 Å². The smallest absolute Gasteiger partial charge is 0.237 e. The first-order chi connectivity index (χ1) is 8.97. The zero-order valence-corrected chi connectivity index (χ0v) is 13.4. The number of amides is 1. The minimum atomic E-state index is -3.10. The van der Waals surface area contributed by atoms with Gasteiger partial charge in [0, 0.05) is 19.6 Å². The van der Waals surface area contributed by atoms with E-state index in [0.717, 1.165) is 32.2 Å². The molecule has 2 rings (SSSR count). The highest BCUT2D eigenvalue weighted by Crippen LogP contribution is 2.18. The molecular weight excluding hydrogens is 302 g/mol. The average Bonchev–Trinajstić information content (AvgIpc) is 2.89. The lowest BCUT2D eigenvalue weighted by Crippen LogP contribution is -2.46. The Bertz CT molecular complexity index is 424. The summed E-state index contributed by atoms with van der Waals surface area (Å²) < 4.78 is 24.5. The van der Waals surface area contributed by atoms with Crippen LogP contribution in [0.3, 0.4) is 0 Å². The van der Waals surface area contributed by atoms with Crippen LogP contribution in [0.4, 0.5) is 0 Å². The molecule has 0 aliphatic carbocycles. The topological polar surface area (TPSA) is 78.5 Å². The molecule has 2 fully saturated rings. The van der Waals surface area contributed by atoms with Gasteiger partial charge >= 0.3 is 0 Å². The predicted octanol–water partition coefficient (Wildman–Crippen LogP) is -0.0520. The molecule has 0 aromatic heterocycles. The van der Waals surface area contributed by atoms with Gasteiger partial charge in [-0.15, -0.1) is 12.4 Å². The van der Waals surface area contributed by atoms with E-state index in [1.54, 1.807) is 0 Å². The summed E-state index contributed by atoms with van der Waals surface area (Å²) in [5.41, 5.74) is 0. The normalized spacial score (nSPS) is 27.9. The summed E-state index contributed by atoms with van der Waals surface area (Å²) in [6, 6.07) is -0.0606. The van der Waals surface area contributed by atoms with Gasteiger partial charge in [0.25, 0.3) is 0 Å². The van der Waals surface area contributed by atoms with Crippen molar-refractivity contribution in [3.8, 4) is 0 Å². The number of nitrogens with zero attached hydrogens (tertiary/aromatic N) is 1. The summed E-state index contributed by atoms with van der Waals surface area (Å²) in [6.07, 6.45) is 5.03. The molecule has 2 saturated heterocycles. The van der Waals surface area contributed by atoms with E-state index in [9.17, 15) is 13.2 Å². The quantitative estimate of drug-likeness (QED) is 0.759. The number of hydrogen-bond donors (Lipinski definition) is 2. The molecule has 2 N–H and O–H groups in total. The SMILES string of the molecule is CS(=O)(=O)N1CCCC(CNC(=O)C2CCCN2)C1.Cl. The molecular formula is C12H24ClN3O3S. The Kier molecular flexibility index (Phi) is 6.71. The first-order valence-corrected chi connectivity index (χ1v) is 8.78. The van der Waals surface area contributed by atoms with Crippen LogP contribution in [0.5, 0.6) is 0 Å². The second-order valence-corrected chi connectivity index (χ2v) is 7.51. The van der Waals surface area contributed by atoms with Gasteiger partial charge in [-0.1, -0.05) is 0 Å². The number of hydrogen-bond acceptors (Lipinski definition) is 4. The average molecular weight is 326 g/mol. The lowest BCUT2D eigenvalue weighted by Gasteiger charge is -2.31. The number of sulfonamides is 1. The summed E-state index contributed by atoms with van der Waals surface area (Å²) in [4.78, 5) is 11.9. The first kappa shape index (κ1) is 17.7. The Labute approximate surface area is 127 Å². The lowest BCUT2D eigenvalue weighted by molar-refractivity contribution is -0.123. The van der Waals surface area contributed by atoms with Crippen molar-refractivity contribution >= 4 is 28.3 Å². The fourth-order valence-electron chi connectivity index (χ4n) is 2.77. The van der Waals surface area contributed by atoms with E-state index < -0.39 is 10.0 Å². The number of halogens is 1. The van der Waals surface area contributed by atoms with Crippen LogP contribution in [0.1, 0.15) is 25.7 Å². The third-order valence-electron chi connectivity index (χ3n) is 3.89. The maximum atomic E-state index is 11.9. The van der Waals surface area contributed by atoms with Crippen molar-refractivity contribution in [2.75, 3.05) is 32.4 Å². The summed E-state index contributed by atoms with van der Waals surface area (Å²) in [5, 5.41) is 6.10. The Morgan fingerprint density at radius 1 is 1.35 bits per heavy atom. The van der Waals surface area contributed by atoms with Crippen LogP contribution in [0.15, 0.2) is 0 Å². The van der Waals surface area contributed by atoms with E-state index in [1.807, 2.05) is 0 Å². The second-order valence-electron chi connectivity index (χ2n) is 5.52. The molecule has 1 amide bonds. The van der Waals surface area contributed by atoms with Crippen molar-refractivity contribution in [3.05, 3.63) is 0 Å². The molecule has 0 spiro atoms. The molecule has 6 nitrogen and oxygen atoms in total. The number of nitrogens with one attached hydrogen (secondary N) is 2. The number of carbonyl (C=O) groups is 1. The Hall–Kier alpha value is -0.370. The molecule has 0 aromatic carbocycles. The third-order valence-corrected chi connectivity index (χ3v) is 5.16. The van der Waals surface area contributed by atoms with Crippen molar-refractivity contribution < 1.29 is 13.2 Å². The molecule has 118 valence electrons. The maximum Gasteiger partial charge on any atom is 0.237 e. The van der Waals surface area contributed by atoms with Crippen molar-refractivity contribution in [1.29, 1.82) is 0 Å². The van der Waals surface area contributed by atoms with E-state index in [2.05, 4.69) is 10.6 Å². The van der Waals surface area contributed by atoms with Gasteiger partial charge in [0.1, 0.15) is 0 Å². The first-order valence-electron chi connectivity index (χ1n) is 6.93. The highest BCUT2D eigenvalue weighted by molar-refractivity contribution is 7.88. The van der Waals surface area contributed by atoms with Crippen LogP contribution < -0.4 is 10.6 Å². The van der Waals surface area contributed by atoms with E-state index in [0.29, 0.717) is 19.6 Å². The molecule has 2 atom stereocenters. The van der Waals surface area contributed by atoms with Gasteiger partial charge in [-0.25, -0.2) is 12.7 Å². The Morgan fingerprint density at radius 2 is 2.10 bits per heavy atom. The fourth-order valence-corrected chi connectivity index (χ4v) is 3.71. The minimum absolute atomic E-state index is 0. The molecule has 20 heavy (non-hydrogen) atoms. The van der Waals surface area contributed by atoms with Crippen molar-refractivity contribution in [2.45, 2.75) is 31.7 Å². The van der Waals surface area contributed by atoms with Crippen LogP contribution >= 0.6 is 12.4 Å². The monoisotopic (exact) mass is 325 g/mol. The summed E-state index contributed by atoms with van der Waals surface area (Å²) >= 11 is 0. The van der Waals surface area contributed by atoms with Crippen LogP contribution in [-0.2, 0) is 14.8 Å². The molecule has 2 unspecified atom stereocenters. The van der Waals surface area contributed by atoms with E-state index in [-0.39, 0.29) is 30.3 Å². The van der Waals surface area contributed by atoms with Crippen molar-refractivity contribution in [2.24, 2.45) is 5.92 Å². The number of piperidine rings is 1. The molecule has 0 saturated carbocycles. The fraction of sp³-hybridized carbons (Fsp3) is 0.917. The largest absolute Gasteiger partial charge is 0.354 e. The number of carbonyl (C=O) groups excluding carboxylic acids is 1. The zero-order valence-electron chi connectivity index (χ0n) is 11.8. The zero-order chi connectivity index (χ0) is 13.9. The van der Waals surface area contributed by atoms with Crippen LogP contribution in [-0.4, -0.2) is 57.1 Å². The lowest BCUT2D eigenvalue weighted by atomic mass is 9.99. The highest BCUT2D eigenvalue weighted by Gasteiger charge is 2.27. The van der Waals surface area contributed by atoms with Gasteiger partial charge in [0.15, 0.2) is 0 Å². The summed E-state index contributed by atoms with van der Waals surface area (Å²) in [7, 11) is -3.10. The molecule has 0 bridgehead atoms. The van der Waals surface area contributed by atoms with Gasteiger partial charge in [-0.2, -0.15) is 0 Å². The molecule has 2 aliphatic rings. The van der Waals surface area contributed by atoms with Crippen LogP contribution in [0.25, 0.3) is 0 Å².